The Kier molecular flexibility index (Phi) is 5.69. The summed E-state index contributed by atoms with van der Waals surface area (Å²) >= 11 is 6.23. The van der Waals surface area contributed by atoms with Crippen LogP contribution in [0.4, 0.5) is 0 Å². The standard InChI is InChI=1S/C21H20ClN3O3/c22-18-9-2-1-8-17(18)19-12-20(28-24-19)21(26)25(14-16-7-5-11-27-16)13-15-6-3-4-10-23-15/h1-4,6,8-10,12,16H,5,7,11,13-14H2/t16-/m0/s1. The number of halogens is 1. The number of pyridine rings is 1. The molecule has 1 aromatic carbocycles. The molecule has 0 saturated carbocycles. The molecule has 0 N–H and O–H groups in total. The van der Waals surface area contributed by atoms with Crippen LogP contribution in [0.15, 0.2) is 59.3 Å². The lowest BCUT2D eigenvalue weighted by Gasteiger charge is -2.24. The van der Waals surface area contributed by atoms with Crippen LogP contribution in [0.1, 0.15) is 29.1 Å². The Morgan fingerprint density at radius 1 is 1.21 bits per heavy atom. The van der Waals surface area contributed by atoms with E-state index >= 15 is 0 Å². The molecule has 1 aliphatic rings. The Morgan fingerprint density at radius 3 is 2.82 bits per heavy atom. The summed E-state index contributed by atoms with van der Waals surface area (Å²) in [5.41, 5.74) is 2.06. The second-order valence-electron chi connectivity index (χ2n) is 6.70. The van der Waals surface area contributed by atoms with E-state index in [2.05, 4.69) is 10.1 Å². The molecule has 1 fully saturated rings. The Balaban J connectivity index is 1.57. The number of carbonyl (C=O) groups excluding carboxylic acids is 1. The number of hydrogen-bond donors (Lipinski definition) is 0. The van der Waals surface area contributed by atoms with Crippen molar-refractivity contribution in [3.05, 3.63) is 71.2 Å². The number of nitrogens with zero attached hydrogens (tertiary/aromatic N) is 3. The number of rotatable bonds is 6. The first-order valence-corrected chi connectivity index (χ1v) is 9.61. The van der Waals surface area contributed by atoms with E-state index < -0.39 is 0 Å². The van der Waals surface area contributed by atoms with Gasteiger partial charge in [0.1, 0.15) is 5.69 Å². The maximum atomic E-state index is 13.1. The van der Waals surface area contributed by atoms with Gasteiger partial charge in [0.15, 0.2) is 0 Å². The lowest BCUT2D eigenvalue weighted by atomic mass is 10.1. The normalized spacial score (nSPS) is 16.2. The van der Waals surface area contributed by atoms with E-state index in [0.29, 0.717) is 23.8 Å². The molecule has 0 unspecified atom stereocenters. The van der Waals surface area contributed by atoms with Gasteiger partial charge in [-0.3, -0.25) is 9.78 Å². The molecule has 1 amide bonds. The van der Waals surface area contributed by atoms with E-state index in [-0.39, 0.29) is 17.8 Å². The van der Waals surface area contributed by atoms with Gasteiger partial charge in [-0.05, 0) is 31.0 Å². The fourth-order valence-electron chi connectivity index (χ4n) is 3.27. The number of amides is 1. The van der Waals surface area contributed by atoms with Crippen LogP contribution in [-0.2, 0) is 11.3 Å². The van der Waals surface area contributed by atoms with Crippen molar-refractivity contribution in [2.24, 2.45) is 0 Å². The first-order valence-electron chi connectivity index (χ1n) is 9.23. The first kappa shape index (κ1) is 18.7. The Hall–Kier alpha value is -2.70. The molecule has 2 aromatic heterocycles. The van der Waals surface area contributed by atoms with Gasteiger partial charge in [0.2, 0.25) is 5.76 Å². The summed E-state index contributed by atoms with van der Waals surface area (Å²) in [5.74, 6) is -0.0733. The van der Waals surface area contributed by atoms with Crippen molar-refractivity contribution in [2.75, 3.05) is 13.2 Å². The molecular formula is C21H20ClN3O3. The molecule has 6 nitrogen and oxygen atoms in total. The molecule has 0 aliphatic carbocycles. The van der Waals surface area contributed by atoms with Gasteiger partial charge in [-0.15, -0.1) is 0 Å². The zero-order valence-corrected chi connectivity index (χ0v) is 16.0. The average Bonchev–Trinajstić information content (AvgIpc) is 3.40. The molecule has 0 spiro atoms. The summed E-state index contributed by atoms with van der Waals surface area (Å²) in [4.78, 5) is 19.2. The maximum Gasteiger partial charge on any atom is 0.292 e. The van der Waals surface area contributed by atoms with Crippen LogP contribution in [-0.4, -0.2) is 40.2 Å². The topological polar surface area (TPSA) is 68.5 Å². The highest BCUT2D eigenvalue weighted by molar-refractivity contribution is 6.33. The third-order valence-electron chi connectivity index (χ3n) is 4.68. The van der Waals surface area contributed by atoms with Crippen LogP contribution >= 0.6 is 11.6 Å². The predicted octanol–water partition coefficient (Wildman–Crippen LogP) is 4.21. The summed E-state index contributed by atoms with van der Waals surface area (Å²) in [5, 5.41) is 4.59. The van der Waals surface area contributed by atoms with Crippen molar-refractivity contribution in [3.8, 4) is 11.3 Å². The Labute approximate surface area is 168 Å². The van der Waals surface area contributed by atoms with Gasteiger partial charge in [-0.2, -0.15) is 0 Å². The monoisotopic (exact) mass is 397 g/mol. The van der Waals surface area contributed by atoms with Crippen molar-refractivity contribution in [3.63, 3.8) is 0 Å². The van der Waals surface area contributed by atoms with Crippen molar-refractivity contribution >= 4 is 17.5 Å². The Bertz CT molecular complexity index is 939. The molecule has 7 heteroatoms. The number of benzene rings is 1. The van der Waals surface area contributed by atoms with Crippen LogP contribution < -0.4 is 0 Å². The number of carbonyl (C=O) groups is 1. The lowest BCUT2D eigenvalue weighted by molar-refractivity contribution is 0.0474. The fourth-order valence-corrected chi connectivity index (χ4v) is 3.50. The van der Waals surface area contributed by atoms with E-state index in [9.17, 15) is 4.79 Å². The second-order valence-corrected chi connectivity index (χ2v) is 7.11. The predicted molar refractivity (Wildman–Crippen MR) is 105 cm³/mol. The number of hydrogen-bond acceptors (Lipinski definition) is 5. The molecule has 4 rings (SSSR count). The van der Waals surface area contributed by atoms with E-state index in [1.165, 1.54) is 0 Å². The molecule has 1 saturated heterocycles. The molecular weight excluding hydrogens is 378 g/mol. The second kappa shape index (κ2) is 8.54. The largest absolute Gasteiger partial charge is 0.376 e. The van der Waals surface area contributed by atoms with Crippen LogP contribution in [0.25, 0.3) is 11.3 Å². The van der Waals surface area contributed by atoms with Gasteiger partial charge in [0.05, 0.1) is 23.4 Å². The minimum atomic E-state index is -0.244. The van der Waals surface area contributed by atoms with Gasteiger partial charge < -0.3 is 14.2 Å². The summed E-state index contributed by atoms with van der Waals surface area (Å²) in [6, 6.07) is 14.6. The van der Waals surface area contributed by atoms with Crippen LogP contribution in [0.2, 0.25) is 5.02 Å². The maximum absolute atomic E-state index is 13.1. The van der Waals surface area contributed by atoms with Crippen molar-refractivity contribution < 1.29 is 14.1 Å². The molecule has 144 valence electrons. The van der Waals surface area contributed by atoms with Crippen LogP contribution in [0.5, 0.6) is 0 Å². The van der Waals surface area contributed by atoms with Crippen molar-refractivity contribution in [1.29, 1.82) is 0 Å². The summed E-state index contributed by atoms with van der Waals surface area (Å²) in [7, 11) is 0. The van der Waals surface area contributed by atoms with E-state index in [0.717, 1.165) is 30.7 Å². The van der Waals surface area contributed by atoms with Crippen LogP contribution in [0.3, 0.4) is 0 Å². The van der Waals surface area contributed by atoms with Crippen molar-refractivity contribution in [2.45, 2.75) is 25.5 Å². The third-order valence-corrected chi connectivity index (χ3v) is 5.01. The SMILES string of the molecule is O=C(c1cc(-c2ccccc2Cl)no1)N(Cc1ccccn1)C[C@@H]1CCCO1. The number of aromatic nitrogens is 2. The lowest BCUT2D eigenvalue weighted by Crippen LogP contribution is -2.37. The highest BCUT2D eigenvalue weighted by atomic mass is 35.5. The van der Waals surface area contributed by atoms with Crippen LogP contribution in [0, 0.1) is 0 Å². The Morgan fingerprint density at radius 2 is 2.07 bits per heavy atom. The quantitative estimate of drug-likeness (QED) is 0.623. The first-order chi connectivity index (χ1) is 13.7. The molecule has 1 atom stereocenters. The summed E-state index contributed by atoms with van der Waals surface area (Å²) < 4.78 is 11.1. The highest BCUT2D eigenvalue weighted by Crippen LogP contribution is 2.27. The van der Waals surface area contributed by atoms with Crippen molar-refractivity contribution in [1.82, 2.24) is 15.0 Å². The average molecular weight is 398 g/mol. The van der Waals surface area contributed by atoms with E-state index in [4.69, 9.17) is 20.9 Å². The van der Waals surface area contributed by atoms with Gasteiger partial charge >= 0.3 is 0 Å². The molecule has 0 bridgehead atoms. The minimum absolute atomic E-state index is 0.0265. The van der Waals surface area contributed by atoms with Gasteiger partial charge in [-0.25, -0.2) is 0 Å². The highest BCUT2D eigenvalue weighted by Gasteiger charge is 2.26. The summed E-state index contributed by atoms with van der Waals surface area (Å²) in [6.45, 7) is 1.59. The molecule has 28 heavy (non-hydrogen) atoms. The molecule has 3 heterocycles. The zero-order valence-electron chi connectivity index (χ0n) is 15.3. The van der Waals surface area contributed by atoms with Gasteiger partial charge in [-0.1, -0.05) is 41.0 Å². The number of ether oxygens (including phenoxy) is 1. The molecule has 3 aromatic rings. The smallest absolute Gasteiger partial charge is 0.292 e. The van der Waals surface area contributed by atoms with Gasteiger partial charge in [0, 0.05) is 31.0 Å². The summed E-state index contributed by atoms with van der Waals surface area (Å²) in [6.07, 6.45) is 3.69. The van der Waals surface area contributed by atoms with E-state index in [1.807, 2.05) is 36.4 Å². The molecule has 1 aliphatic heterocycles. The third kappa shape index (κ3) is 4.24. The van der Waals surface area contributed by atoms with E-state index in [1.54, 1.807) is 23.2 Å². The zero-order chi connectivity index (χ0) is 19.3. The molecule has 0 radical (unpaired) electrons. The fraction of sp³-hybridized carbons (Fsp3) is 0.286. The van der Waals surface area contributed by atoms with Gasteiger partial charge in [0.25, 0.3) is 5.91 Å². The minimum Gasteiger partial charge on any atom is -0.376 e.